The number of carboxylic acid groups (broad SMARTS) is 1. The predicted octanol–water partition coefficient (Wildman–Crippen LogP) is 3.41. The second-order valence-electron chi connectivity index (χ2n) is 6.23. The Kier molecular flexibility index (Phi) is 5.07. The number of ether oxygens (including phenoxy) is 1. The number of carbonyl (C=O) groups is 2. The molecule has 1 N–H and O–H groups in total. The maximum absolute atomic E-state index is 12.5. The highest BCUT2D eigenvalue weighted by Gasteiger charge is 2.31. The van der Waals surface area contributed by atoms with Gasteiger partial charge in [0.2, 0.25) is 5.91 Å². The standard InChI is InChI=1S/C19H16F3NO4/c20-19(21,22)27-16-3-1-2-12(8-16)9-17(24)23-7-6-13-4-5-14(18(25)26)10-15(13)11-23/h1-5,8,10H,6-7,9,11H2,(H,25,26). The van der Waals surface area contributed by atoms with E-state index in [1.807, 2.05) is 0 Å². The zero-order valence-electron chi connectivity index (χ0n) is 14.1. The first-order valence-corrected chi connectivity index (χ1v) is 8.19. The molecule has 0 fully saturated rings. The number of nitrogens with zero attached hydrogens (tertiary/aromatic N) is 1. The van der Waals surface area contributed by atoms with Crippen molar-refractivity contribution >= 4 is 11.9 Å². The van der Waals surface area contributed by atoms with Crippen LogP contribution in [0.5, 0.6) is 5.75 Å². The molecule has 0 bridgehead atoms. The Morgan fingerprint density at radius 1 is 1.11 bits per heavy atom. The first-order chi connectivity index (χ1) is 12.7. The Hall–Kier alpha value is -3.03. The zero-order chi connectivity index (χ0) is 19.6. The van der Waals surface area contributed by atoms with Crippen LogP contribution in [0.2, 0.25) is 0 Å². The molecule has 0 aromatic heterocycles. The van der Waals surface area contributed by atoms with Crippen molar-refractivity contribution in [2.75, 3.05) is 6.54 Å². The molecular formula is C19H16F3NO4. The Bertz CT molecular complexity index is 879. The van der Waals surface area contributed by atoms with Crippen LogP contribution in [0.15, 0.2) is 42.5 Å². The first kappa shape index (κ1) is 18.8. The number of amides is 1. The van der Waals surface area contributed by atoms with Crippen molar-refractivity contribution in [2.45, 2.75) is 25.7 Å². The molecule has 1 amide bonds. The molecule has 0 atom stereocenters. The third-order valence-electron chi connectivity index (χ3n) is 4.31. The van der Waals surface area contributed by atoms with E-state index in [1.54, 1.807) is 23.1 Å². The van der Waals surface area contributed by atoms with Crippen molar-refractivity contribution in [3.8, 4) is 5.75 Å². The molecule has 0 saturated heterocycles. The molecule has 2 aromatic rings. The van der Waals surface area contributed by atoms with Crippen molar-refractivity contribution in [1.29, 1.82) is 0 Å². The molecule has 3 rings (SSSR count). The topological polar surface area (TPSA) is 66.8 Å². The molecular weight excluding hydrogens is 363 g/mol. The van der Waals surface area contributed by atoms with E-state index in [1.165, 1.54) is 24.3 Å². The van der Waals surface area contributed by atoms with Crippen LogP contribution in [-0.4, -0.2) is 34.8 Å². The van der Waals surface area contributed by atoms with E-state index in [4.69, 9.17) is 5.11 Å². The normalized spacial score (nSPS) is 13.8. The smallest absolute Gasteiger partial charge is 0.478 e. The average molecular weight is 379 g/mol. The number of carbonyl (C=O) groups excluding carboxylic acids is 1. The maximum atomic E-state index is 12.5. The number of hydrogen-bond donors (Lipinski definition) is 1. The Balaban J connectivity index is 1.70. The number of alkyl halides is 3. The Morgan fingerprint density at radius 3 is 2.59 bits per heavy atom. The highest BCUT2D eigenvalue weighted by atomic mass is 19.4. The molecule has 1 aliphatic heterocycles. The molecule has 27 heavy (non-hydrogen) atoms. The fourth-order valence-corrected chi connectivity index (χ4v) is 3.04. The second kappa shape index (κ2) is 7.30. The maximum Gasteiger partial charge on any atom is 0.573 e. The quantitative estimate of drug-likeness (QED) is 0.884. The molecule has 0 aliphatic carbocycles. The molecule has 0 radical (unpaired) electrons. The van der Waals surface area contributed by atoms with Gasteiger partial charge >= 0.3 is 12.3 Å². The van der Waals surface area contributed by atoms with Crippen molar-refractivity contribution in [3.05, 3.63) is 64.7 Å². The van der Waals surface area contributed by atoms with Gasteiger partial charge in [-0.05, 0) is 47.4 Å². The lowest BCUT2D eigenvalue weighted by atomic mass is 9.97. The summed E-state index contributed by atoms with van der Waals surface area (Å²) in [5.41, 5.74) is 2.32. The van der Waals surface area contributed by atoms with Gasteiger partial charge in [0.25, 0.3) is 0 Å². The number of halogens is 3. The lowest BCUT2D eigenvalue weighted by molar-refractivity contribution is -0.274. The molecule has 8 heteroatoms. The number of carboxylic acids is 1. The van der Waals surface area contributed by atoms with Gasteiger partial charge in [0, 0.05) is 13.1 Å². The van der Waals surface area contributed by atoms with Gasteiger partial charge in [0.05, 0.1) is 12.0 Å². The van der Waals surface area contributed by atoms with Crippen LogP contribution >= 0.6 is 0 Å². The number of fused-ring (bicyclic) bond motifs is 1. The van der Waals surface area contributed by atoms with E-state index < -0.39 is 12.3 Å². The van der Waals surface area contributed by atoms with Crippen molar-refractivity contribution in [1.82, 2.24) is 4.90 Å². The van der Waals surface area contributed by atoms with Crippen LogP contribution in [0.3, 0.4) is 0 Å². The predicted molar refractivity (Wildman–Crippen MR) is 89.4 cm³/mol. The van der Waals surface area contributed by atoms with Crippen LogP contribution in [-0.2, 0) is 24.2 Å². The van der Waals surface area contributed by atoms with E-state index >= 15 is 0 Å². The van der Waals surface area contributed by atoms with Crippen LogP contribution in [0, 0.1) is 0 Å². The number of benzene rings is 2. The van der Waals surface area contributed by atoms with Gasteiger partial charge in [-0.2, -0.15) is 0 Å². The summed E-state index contributed by atoms with van der Waals surface area (Å²) in [5.74, 6) is -1.66. The van der Waals surface area contributed by atoms with Gasteiger partial charge in [0.1, 0.15) is 5.75 Å². The summed E-state index contributed by atoms with van der Waals surface area (Å²) < 4.78 is 40.8. The van der Waals surface area contributed by atoms with Gasteiger partial charge in [-0.1, -0.05) is 18.2 Å². The van der Waals surface area contributed by atoms with Gasteiger partial charge in [-0.15, -0.1) is 13.2 Å². The van der Waals surface area contributed by atoms with Crippen molar-refractivity contribution in [3.63, 3.8) is 0 Å². The minimum atomic E-state index is -4.79. The van der Waals surface area contributed by atoms with E-state index in [0.717, 1.165) is 11.1 Å². The van der Waals surface area contributed by atoms with Gasteiger partial charge in [-0.3, -0.25) is 4.79 Å². The number of aromatic carboxylic acids is 1. The van der Waals surface area contributed by atoms with E-state index in [0.29, 0.717) is 18.5 Å². The summed E-state index contributed by atoms with van der Waals surface area (Å²) in [4.78, 5) is 25.2. The van der Waals surface area contributed by atoms with E-state index in [-0.39, 0.29) is 30.2 Å². The van der Waals surface area contributed by atoms with Crippen LogP contribution in [0.25, 0.3) is 0 Å². The summed E-state index contributed by atoms with van der Waals surface area (Å²) in [6, 6.07) is 10.1. The molecule has 1 heterocycles. The summed E-state index contributed by atoms with van der Waals surface area (Å²) in [6.07, 6.45) is -4.26. The lowest BCUT2D eigenvalue weighted by Gasteiger charge is -2.29. The average Bonchev–Trinajstić information content (AvgIpc) is 2.59. The summed E-state index contributed by atoms with van der Waals surface area (Å²) in [7, 11) is 0. The van der Waals surface area contributed by atoms with Crippen molar-refractivity contribution < 1.29 is 32.6 Å². The Morgan fingerprint density at radius 2 is 1.89 bits per heavy atom. The molecule has 2 aromatic carbocycles. The third-order valence-corrected chi connectivity index (χ3v) is 4.31. The number of rotatable bonds is 4. The third kappa shape index (κ3) is 4.78. The molecule has 142 valence electrons. The molecule has 0 spiro atoms. The van der Waals surface area contributed by atoms with Crippen molar-refractivity contribution in [2.24, 2.45) is 0 Å². The van der Waals surface area contributed by atoms with Gasteiger partial charge in [0.15, 0.2) is 0 Å². The highest BCUT2D eigenvalue weighted by Crippen LogP contribution is 2.25. The molecule has 0 unspecified atom stereocenters. The minimum Gasteiger partial charge on any atom is -0.478 e. The van der Waals surface area contributed by atoms with E-state index in [9.17, 15) is 22.8 Å². The van der Waals surface area contributed by atoms with Gasteiger partial charge in [-0.25, -0.2) is 4.79 Å². The van der Waals surface area contributed by atoms with Crippen LogP contribution in [0.4, 0.5) is 13.2 Å². The minimum absolute atomic E-state index is 0.0665. The zero-order valence-corrected chi connectivity index (χ0v) is 14.1. The van der Waals surface area contributed by atoms with Crippen LogP contribution in [0.1, 0.15) is 27.0 Å². The highest BCUT2D eigenvalue weighted by molar-refractivity contribution is 5.88. The van der Waals surface area contributed by atoms with Gasteiger partial charge < -0.3 is 14.7 Å². The van der Waals surface area contributed by atoms with Crippen LogP contribution < -0.4 is 4.74 Å². The summed E-state index contributed by atoms with van der Waals surface area (Å²) in [6.45, 7) is 0.741. The fraction of sp³-hybridized carbons (Fsp3) is 0.263. The van der Waals surface area contributed by atoms with E-state index in [2.05, 4.69) is 4.74 Å². The monoisotopic (exact) mass is 379 g/mol. The first-order valence-electron chi connectivity index (χ1n) is 8.19. The lowest BCUT2D eigenvalue weighted by Crippen LogP contribution is -2.37. The molecule has 1 aliphatic rings. The fourth-order valence-electron chi connectivity index (χ4n) is 3.04. The number of hydrogen-bond acceptors (Lipinski definition) is 3. The largest absolute Gasteiger partial charge is 0.573 e. The SMILES string of the molecule is O=C(O)c1ccc2c(c1)CN(C(=O)Cc1cccc(OC(F)(F)F)c1)CC2. The molecule has 0 saturated carbocycles. The Labute approximate surface area is 153 Å². The second-order valence-corrected chi connectivity index (χ2v) is 6.23. The summed E-state index contributed by atoms with van der Waals surface area (Å²) in [5, 5.41) is 9.09. The molecule has 5 nitrogen and oxygen atoms in total. The summed E-state index contributed by atoms with van der Waals surface area (Å²) >= 11 is 0.